The first-order valence-electron chi connectivity index (χ1n) is 8.02. The third kappa shape index (κ3) is 3.71. The van der Waals surface area contributed by atoms with Crippen LogP contribution in [0.15, 0.2) is 36.8 Å². The summed E-state index contributed by atoms with van der Waals surface area (Å²) < 4.78 is 0. The van der Waals surface area contributed by atoms with Crippen molar-refractivity contribution in [2.24, 2.45) is 0 Å². The van der Waals surface area contributed by atoms with E-state index in [0.29, 0.717) is 23.8 Å². The molecule has 3 rings (SSSR count). The Kier molecular flexibility index (Phi) is 4.83. The average molecular weight is 337 g/mol. The molecule has 7 nitrogen and oxygen atoms in total. The van der Waals surface area contributed by atoms with Gasteiger partial charge in [0.25, 0.3) is 0 Å². The lowest BCUT2D eigenvalue weighted by Gasteiger charge is -2.07. The minimum absolute atomic E-state index is 0.274. The molecule has 1 fully saturated rings. The van der Waals surface area contributed by atoms with Gasteiger partial charge >= 0.3 is 6.03 Å². The molecule has 128 valence electrons. The van der Waals surface area contributed by atoms with Crippen molar-refractivity contribution in [3.63, 3.8) is 0 Å². The van der Waals surface area contributed by atoms with Gasteiger partial charge < -0.3 is 10.6 Å². The van der Waals surface area contributed by atoms with Crippen LogP contribution in [0.2, 0.25) is 0 Å². The van der Waals surface area contributed by atoms with Crippen LogP contribution in [0.4, 0.5) is 4.79 Å². The van der Waals surface area contributed by atoms with Crippen molar-refractivity contribution in [1.29, 1.82) is 0 Å². The van der Waals surface area contributed by atoms with E-state index in [1.54, 1.807) is 6.20 Å². The van der Waals surface area contributed by atoms with E-state index in [1.165, 1.54) is 18.8 Å². The minimum Gasteiger partial charge on any atom is -0.341 e. The molecule has 2 atom stereocenters. The highest BCUT2D eigenvalue weighted by molar-refractivity contribution is 6.06. The summed E-state index contributed by atoms with van der Waals surface area (Å²) in [7, 11) is 1.50. The van der Waals surface area contributed by atoms with E-state index in [4.69, 9.17) is 0 Å². The van der Waals surface area contributed by atoms with Gasteiger partial charge in [0.15, 0.2) is 6.29 Å². The van der Waals surface area contributed by atoms with Crippen molar-refractivity contribution in [1.82, 2.24) is 25.8 Å². The maximum absolute atomic E-state index is 11.4. The van der Waals surface area contributed by atoms with Crippen molar-refractivity contribution < 1.29 is 9.59 Å². The lowest BCUT2D eigenvalue weighted by molar-refractivity contribution is -0.103. The summed E-state index contributed by atoms with van der Waals surface area (Å²) in [4.78, 5) is 26.8. The molecule has 0 aliphatic heterocycles. The molecule has 0 aromatic carbocycles. The Labute approximate surface area is 145 Å². The summed E-state index contributed by atoms with van der Waals surface area (Å²) in [5.74, 6) is 0.760. The van der Waals surface area contributed by atoms with E-state index in [0.717, 1.165) is 17.7 Å². The van der Waals surface area contributed by atoms with E-state index in [9.17, 15) is 9.59 Å². The number of carbonyl (C=O) groups is 2. The molecule has 0 radical (unpaired) electrons. The number of nitrogens with one attached hydrogen (secondary N) is 2. The number of aldehydes is 1. The number of nitrogens with zero attached hydrogens (tertiary/aromatic N) is 3. The van der Waals surface area contributed by atoms with Crippen molar-refractivity contribution in [3.05, 3.63) is 59.3 Å². The zero-order valence-corrected chi connectivity index (χ0v) is 14.1. The summed E-state index contributed by atoms with van der Waals surface area (Å²) in [6.07, 6.45) is 6.66. The molecule has 2 N–H and O–H groups in total. The molecule has 7 heteroatoms. The van der Waals surface area contributed by atoms with Gasteiger partial charge in [-0.3, -0.25) is 9.78 Å². The molecule has 0 spiro atoms. The molecular weight excluding hydrogens is 318 g/mol. The number of aromatic nitrogens is 3. The Bertz CT molecular complexity index is 819. The molecule has 2 aromatic heterocycles. The van der Waals surface area contributed by atoms with Crippen molar-refractivity contribution >= 4 is 17.9 Å². The van der Waals surface area contributed by atoms with Gasteiger partial charge in [-0.15, -0.1) is 0 Å². The molecule has 2 aromatic rings. The zero-order valence-electron chi connectivity index (χ0n) is 14.1. The molecule has 1 saturated carbocycles. The monoisotopic (exact) mass is 337 g/mol. The lowest BCUT2D eigenvalue weighted by Crippen LogP contribution is -2.28. The number of carbonyl (C=O) groups excluding carboxylic acids is 2. The molecule has 25 heavy (non-hydrogen) atoms. The van der Waals surface area contributed by atoms with Gasteiger partial charge in [-0.2, -0.15) is 10.2 Å². The van der Waals surface area contributed by atoms with Gasteiger partial charge in [0, 0.05) is 25.6 Å². The van der Waals surface area contributed by atoms with Gasteiger partial charge in [0.05, 0.1) is 17.0 Å². The third-order valence-electron chi connectivity index (χ3n) is 4.33. The largest absolute Gasteiger partial charge is 0.341 e. The van der Waals surface area contributed by atoms with Crippen LogP contribution in [0.5, 0.6) is 0 Å². The summed E-state index contributed by atoms with van der Waals surface area (Å²) in [6, 6.07) is 5.49. The van der Waals surface area contributed by atoms with E-state index in [-0.39, 0.29) is 5.57 Å². The summed E-state index contributed by atoms with van der Waals surface area (Å²) in [5, 5.41) is 13.2. The third-order valence-corrected chi connectivity index (χ3v) is 4.33. The van der Waals surface area contributed by atoms with Crippen LogP contribution in [0.1, 0.15) is 40.8 Å². The molecular formula is C18H19N5O2. The van der Waals surface area contributed by atoms with Crippen LogP contribution in [-0.2, 0) is 4.79 Å². The fourth-order valence-electron chi connectivity index (χ4n) is 2.87. The van der Waals surface area contributed by atoms with Crippen molar-refractivity contribution in [2.75, 3.05) is 7.05 Å². The molecule has 1 unspecified atom stereocenters. The lowest BCUT2D eigenvalue weighted by atomic mass is 10.0. The van der Waals surface area contributed by atoms with Gasteiger partial charge in [0.2, 0.25) is 0 Å². The molecule has 1 aliphatic carbocycles. The van der Waals surface area contributed by atoms with Gasteiger partial charge in [-0.1, -0.05) is 6.07 Å². The topological polar surface area (TPSA) is 96.9 Å². The van der Waals surface area contributed by atoms with Crippen LogP contribution in [0.25, 0.3) is 5.57 Å². The van der Waals surface area contributed by atoms with Crippen LogP contribution in [-0.4, -0.2) is 34.5 Å². The van der Waals surface area contributed by atoms with Gasteiger partial charge in [-0.25, -0.2) is 4.79 Å². The second-order valence-corrected chi connectivity index (χ2v) is 5.95. The van der Waals surface area contributed by atoms with Crippen molar-refractivity contribution in [3.8, 4) is 0 Å². The molecule has 1 aliphatic rings. The fraction of sp³-hybridized carbons (Fsp3) is 0.278. The fourth-order valence-corrected chi connectivity index (χ4v) is 2.87. The predicted molar refractivity (Wildman–Crippen MR) is 92.7 cm³/mol. The van der Waals surface area contributed by atoms with E-state index in [1.807, 2.05) is 25.3 Å². The summed E-state index contributed by atoms with van der Waals surface area (Å²) >= 11 is 0. The number of aryl methyl sites for hydroxylation is 1. The quantitative estimate of drug-likeness (QED) is 0.642. The smallest absolute Gasteiger partial charge is 0.318 e. The second-order valence-electron chi connectivity index (χ2n) is 5.95. The first-order valence-corrected chi connectivity index (χ1v) is 8.02. The van der Waals surface area contributed by atoms with E-state index < -0.39 is 6.03 Å². The average Bonchev–Trinajstić information content (AvgIpc) is 3.44. The van der Waals surface area contributed by atoms with Crippen LogP contribution in [0, 0.1) is 6.92 Å². The molecule has 0 bridgehead atoms. The minimum atomic E-state index is -0.404. The molecule has 2 heterocycles. The Balaban J connectivity index is 1.84. The van der Waals surface area contributed by atoms with Crippen LogP contribution < -0.4 is 10.6 Å². The number of rotatable bonds is 5. The molecule has 2 amide bonds. The van der Waals surface area contributed by atoms with E-state index >= 15 is 0 Å². The SMILES string of the molecule is CNC(=O)N/C=C(\C=O)c1cc(C2C[C@@H]2c2cccnc2)c(C)nn1. The van der Waals surface area contributed by atoms with Crippen LogP contribution in [0.3, 0.4) is 0 Å². The van der Waals surface area contributed by atoms with Gasteiger partial charge in [0.1, 0.15) is 0 Å². The maximum atomic E-state index is 11.4. The number of pyridine rings is 1. The Morgan fingerprint density at radius 1 is 1.32 bits per heavy atom. The zero-order chi connectivity index (χ0) is 17.8. The Morgan fingerprint density at radius 3 is 2.84 bits per heavy atom. The Hall–Kier alpha value is -3.09. The highest BCUT2D eigenvalue weighted by atomic mass is 16.2. The summed E-state index contributed by atoms with van der Waals surface area (Å²) in [5.41, 5.74) is 3.86. The molecule has 0 saturated heterocycles. The number of amides is 2. The number of hydrogen-bond donors (Lipinski definition) is 2. The first kappa shape index (κ1) is 16.8. The van der Waals surface area contributed by atoms with Crippen molar-refractivity contribution in [2.45, 2.75) is 25.2 Å². The van der Waals surface area contributed by atoms with Gasteiger partial charge in [-0.05, 0) is 48.4 Å². The normalized spacial score (nSPS) is 19.2. The standard InChI is InChI=1S/C18H19N5O2/c1-11-14(16-6-15(16)12-4-3-5-20-8-12)7-17(23-22-11)13(10-24)9-21-18(25)19-2/h3-5,7-10,15-16H,6H2,1-2H3,(H2,19,21,25)/b13-9+/t15-,16?/m1/s1. The maximum Gasteiger partial charge on any atom is 0.318 e. The van der Waals surface area contributed by atoms with E-state index in [2.05, 4.69) is 31.9 Å². The van der Waals surface area contributed by atoms with Crippen LogP contribution >= 0.6 is 0 Å². The highest BCUT2D eigenvalue weighted by Crippen LogP contribution is 2.55. The number of allylic oxidation sites excluding steroid dienone is 1. The number of hydrogen-bond acceptors (Lipinski definition) is 5. The first-order chi connectivity index (χ1) is 12.1. The highest BCUT2D eigenvalue weighted by Gasteiger charge is 2.41. The second kappa shape index (κ2) is 7.21. The predicted octanol–water partition coefficient (Wildman–Crippen LogP) is 1.92. The number of urea groups is 1. The summed E-state index contributed by atoms with van der Waals surface area (Å²) in [6.45, 7) is 1.91. The Morgan fingerprint density at radius 2 is 2.16 bits per heavy atom.